The fourth-order valence-corrected chi connectivity index (χ4v) is 8.35. The van der Waals surface area contributed by atoms with E-state index < -0.39 is 5.92 Å². The van der Waals surface area contributed by atoms with Crippen LogP contribution in [0.1, 0.15) is 94.4 Å². The SMILES string of the molecule is C#CC.CC.CCOCCC(C)(C)OCCN1C(=O)C2C(C)OC(C=C(C)C)C2C1=O.O=CNCCOCCOCCNC(=O)CCCCC1SCC2NC(=O)NC21. The van der Waals surface area contributed by atoms with Crippen LogP contribution in [0, 0.1) is 24.2 Å². The Morgan fingerprint density at radius 3 is 2.29 bits per heavy atom. The van der Waals surface area contributed by atoms with Crippen LogP contribution in [0.4, 0.5) is 4.79 Å². The lowest BCUT2D eigenvalue weighted by atomic mass is 9.89. The lowest BCUT2D eigenvalue weighted by Gasteiger charge is -2.27. The number of amides is 6. The van der Waals surface area contributed by atoms with Gasteiger partial charge in [-0.2, -0.15) is 11.8 Å². The van der Waals surface area contributed by atoms with Crippen molar-refractivity contribution in [3.05, 3.63) is 11.6 Å². The summed E-state index contributed by atoms with van der Waals surface area (Å²) in [6.45, 7) is 22.2. The molecule has 0 aromatic heterocycles. The number of terminal acetylenes is 1. The minimum Gasteiger partial charge on any atom is -0.382 e. The molecule has 0 bridgehead atoms. The Morgan fingerprint density at radius 2 is 1.66 bits per heavy atom. The maximum Gasteiger partial charge on any atom is 0.315 e. The minimum atomic E-state index is -0.404. The Balaban J connectivity index is 0.000000522. The zero-order chi connectivity index (χ0) is 43.5. The average Bonchev–Trinajstić information content (AvgIpc) is 3.90. The van der Waals surface area contributed by atoms with Crippen LogP contribution in [0.2, 0.25) is 0 Å². The summed E-state index contributed by atoms with van der Waals surface area (Å²) in [7, 11) is 0. The molecule has 4 aliphatic rings. The van der Waals surface area contributed by atoms with E-state index in [1.54, 1.807) is 6.92 Å². The third kappa shape index (κ3) is 19.2. The predicted molar refractivity (Wildman–Crippen MR) is 227 cm³/mol. The normalized spacial score (nSPS) is 24.0. The second kappa shape index (κ2) is 29.9. The number of imide groups is 1. The number of likely N-dealkylation sites (tertiary alicyclic amines) is 1. The molecule has 0 spiro atoms. The Hall–Kier alpha value is -3.20. The second-order valence-electron chi connectivity index (χ2n) is 14.8. The Kier molecular flexibility index (Phi) is 27.2. The monoisotopic (exact) mass is 840 g/mol. The van der Waals surface area contributed by atoms with E-state index in [-0.39, 0.29) is 66.1 Å². The number of fused-ring (bicyclic) bond motifs is 2. The van der Waals surface area contributed by atoms with Gasteiger partial charge in [-0.3, -0.25) is 24.1 Å². The van der Waals surface area contributed by atoms with Crippen LogP contribution >= 0.6 is 11.8 Å². The van der Waals surface area contributed by atoms with Gasteiger partial charge in [0.2, 0.25) is 24.1 Å². The second-order valence-corrected chi connectivity index (χ2v) is 16.1. The first-order chi connectivity index (χ1) is 27.8. The highest BCUT2D eigenvalue weighted by Crippen LogP contribution is 2.41. The van der Waals surface area contributed by atoms with Crippen molar-refractivity contribution in [1.82, 2.24) is 26.2 Å². The van der Waals surface area contributed by atoms with E-state index in [0.717, 1.165) is 37.0 Å². The third-order valence-corrected chi connectivity index (χ3v) is 11.1. The van der Waals surface area contributed by atoms with Crippen LogP contribution in [-0.4, -0.2) is 142 Å². The highest BCUT2D eigenvalue weighted by molar-refractivity contribution is 8.00. The van der Waals surface area contributed by atoms with E-state index in [0.29, 0.717) is 77.4 Å². The fourth-order valence-electron chi connectivity index (χ4n) is 6.81. The molecule has 0 saturated carbocycles. The Labute approximate surface area is 351 Å². The van der Waals surface area contributed by atoms with Crippen molar-refractivity contribution in [3.8, 4) is 12.3 Å². The molecule has 0 aromatic carbocycles. The van der Waals surface area contributed by atoms with E-state index in [4.69, 9.17) is 23.7 Å². The molecule has 4 aliphatic heterocycles. The molecule has 332 valence electrons. The van der Waals surface area contributed by atoms with E-state index in [1.807, 2.05) is 73.2 Å². The molecule has 7 unspecified atom stereocenters. The molecule has 4 N–H and O–H groups in total. The molecule has 58 heavy (non-hydrogen) atoms. The molecule has 4 fully saturated rings. The van der Waals surface area contributed by atoms with Crippen LogP contribution < -0.4 is 21.3 Å². The van der Waals surface area contributed by atoms with Gasteiger partial charge in [0, 0.05) is 43.7 Å². The lowest BCUT2D eigenvalue weighted by molar-refractivity contribution is -0.145. The van der Waals surface area contributed by atoms with Crippen LogP contribution in [-0.2, 0) is 42.9 Å². The number of carbonyl (C=O) groups is 5. The molecule has 15 nitrogen and oxygen atoms in total. The van der Waals surface area contributed by atoms with Gasteiger partial charge in [-0.05, 0) is 67.7 Å². The summed E-state index contributed by atoms with van der Waals surface area (Å²) < 4.78 is 27.7. The number of unbranched alkanes of at least 4 members (excludes halogenated alkanes) is 1. The van der Waals surface area contributed by atoms with Gasteiger partial charge in [0.1, 0.15) is 0 Å². The standard InChI is InChI=1S/C20H33NO5.C17H30N4O5S.C3H4.C2H6/c1-7-24-10-8-20(5,6)25-11-9-21-18(22)16-14(4)26-15(12-13(2)3)17(16)19(21)23;22-12-18-5-7-25-9-10-26-8-6-19-15(23)4-2-1-3-14-16-13(11-27-14)20-17(24)21-16;1-3-2;1-2/h12,14-17H,7-11H2,1-6H3;12-14,16H,1-11H2,(H,18,22)(H,19,23)(H2,20,21,24);1H,2H3;1-2H3. The molecule has 4 rings (SSSR count). The third-order valence-electron chi connectivity index (χ3n) is 9.57. The maximum atomic E-state index is 12.8. The molecule has 4 saturated heterocycles. The first-order valence-corrected chi connectivity index (χ1v) is 21.9. The van der Waals surface area contributed by atoms with Gasteiger partial charge < -0.3 is 45.0 Å². The van der Waals surface area contributed by atoms with Crippen molar-refractivity contribution in [2.45, 2.75) is 130 Å². The highest BCUT2D eigenvalue weighted by atomic mass is 32.2. The number of urea groups is 1. The quantitative estimate of drug-likeness (QED) is 0.0277. The summed E-state index contributed by atoms with van der Waals surface area (Å²) in [5.41, 5.74) is 0.735. The van der Waals surface area contributed by atoms with Crippen LogP contribution in [0.3, 0.4) is 0 Å². The van der Waals surface area contributed by atoms with Gasteiger partial charge >= 0.3 is 6.03 Å². The molecule has 16 heteroatoms. The zero-order valence-electron chi connectivity index (χ0n) is 36.5. The van der Waals surface area contributed by atoms with E-state index >= 15 is 0 Å². The number of rotatable bonds is 24. The van der Waals surface area contributed by atoms with Gasteiger partial charge in [-0.25, -0.2) is 4.79 Å². The van der Waals surface area contributed by atoms with Crippen molar-refractivity contribution in [2.24, 2.45) is 11.8 Å². The Bertz CT molecular complexity index is 1310. The minimum absolute atomic E-state index is 0.0441. The summed E-state index contributed by atoms with van der Waals surface area (Å²) in [6.07, 6.45) is 10.8. The van der Waals surface area contributed by atoms with Gasteiger partial charge in [-0.15, -0.1) is 12.3 Å². The van der Waals surface area contributed by atoms with Crippen molar-refractivity contribution < 1.29 is 47.7 Å². The molecule has 6 amide bonds. The molecule has 0 aliphatic carbocycles. The van der Waals surface area contributed by atoms with Gasteiger partial charge in [0.05, 0.1) is 81.3 Å². The van der Waals surface area contributed by atoms with Crippen molar-refractivity contribution in [2.75, 3.05) is 71.6 Å². The number of allylic oxidation sites excluding steroid dienone is 1. The van der Waals surface area contributed by atoms with E-state index in [1.165, 1.54) is 4.90 Å². The molecule has 7 atom stereocenters. The van der Waals surface area contributed by atoms with Crippen LogP contribution in [0.25, 0.3) is 0 Å². The largest absolute Gasteiger partial charge is 0.382 e. The topological polar surface area (TPSA) is 183 Å². The lowest BCUT2D eigenvalue weighted by Crippen LogP contribution is -2.39. The van der Waals surface area contributed by atoms with Crippen molar-refractivity contribution in [1.29, 1.82) is 0 Å². The summed E-state index contributed by atoms with van der Waals surface area (Å²) in [5.74, 6) is 2.21. The molecular weight excluding hydrogens is 767 g/mol. The maximum absolute atomic E-state index is 12.8. The number of carbonyl (C=O) groups excluding carboxylic acids is 5. The van der Waals surface area contributed by atoms with E-state index in [2.05, 4.69) is 33.6 Å². The number of thioether (sulfide) groups is 1. The number of hydrogen-bond acceptors (Lipinski definition) is 11. The average molecular weight is 840 g/mol. The van der Waals surface area contributed by atoms with Gasteiger partial charge in [-0.1, -0.05) is 31.9 Å². The van der Waals surface area contributed by atoms with E-state index in [9.17, 15) is 24.0 Å². The zero-order valence-corrected chi connectivity index (χ0v) is 37.3. The van der Waals surface area contributed by atoms with Crippen LogP contribution in [0.15, 0.2) is 11.6 Å². The fraction of sp³-hybridized carbons (Fsp3) is 0.786. The number of hydrogen-bond donors (Lipinski definition) is 4. The van der Waals surface area contributed by atoms with Crippen LogP contribution in [0.5, 0.6) is 0 Å². The smallest absolute Gasteiger partial charge is 0.315 e. The predicted octanol–water partition coefficient (Wildman–Crippen LogP) is 3.84. The van der Waals surface area contributed by atoms with Gasteiger partial charge in [0.25, 0.3) is 0 Å². The first-order valence-electron chi connectivity index (χ1n) is 20.8. The molecule has 0 radical (unpaired) electrons. The Morgan fingerprint density at radius 1 is 1.00 bits per heavy atom. The summed E-state index contributed by atoms with van der Waals surface area (Å²) in [4.78, 5) is 60.1. The summed E-state index contributed by atoms with van der Waals surface area (Å²) in [5, 5.41) is 11.7. The first kappa shape index (κ1) is 52.8. The highest BCUT2D eigenvalue weighted by Gasteiger charge is 2.57. The molecule has 0 aromatic rings. The molecular formula is C42H73N5O10S. The van der Waals surface area contributed by atoms with Crippen molar-refractivity contribution in [3.63, 3.8) is 0 Å². The van der Waals surface area contributed by atoms with Gasteiger partial charge in [0.15, 0.2) is 0 Å². The number of nitrogens with zero attached hydrogens (tertiary/aromatic N) is 1. The van der Waals surface area contributed by atoms with Crippen molar-refractivity contribution >= 4 is 41.9 Å². The summed E-state index contributed by atoms with van der Waals surface area (Å²) in [6, 6.07) is 0.436. The summed E-state index contributed by atoms with van der Waals surface area (Å²) >= 11 is 1.90. The number of nitrogens with one attached hydrogen (secondary N) is 4. The number of ether oxygens (including phenoxy) is 5. The molecule has 4 heterocycles.